The summed E-state index contributed by atoms with van der Waals surface area (Å²) in [6, 6.07) is 6.78. The van der Waals surface area contributed by atoms with E-state index in [2.05, 4.69) is 4.74 Å². The SMILES string of the molecule is COC(=O)/C(O)=C/C(=O)N(C)C(C1=CC=C(C)CC=C1)c1ccc(Cl)cc1. The maximum absolute atomic E-state index is 12.6. The Labute approximate surface area is 163 Å². The molecule has 5 nitrogen and oxygen atoms in total. The lowest BCUT2D eigenvalue weighted by Gasteiger charge is -2.29. The summed E-state index contributed by atoms with van der Waals surface area (Å²) in [5.74, 6) is -2.24. The first-order chi connectivity index (χ1) is 12.8. The molecule has 0 heterocycles. The number of rotatable bonds is 5. The van der Waals surface area contributed by atoms with Crippen LogP contribution in [0.15, 0.2) is 71.6 Å². The number of esters is 1. The molecule has 1 unspecified atom stereocenters. The highest BCUT2D eigenvalue weighted by atomic mass is 35.5. The summed E-state index contributed by atoms with van der Waals surface area (Å²) in [6.45, 7) is 2.03. The zero-order chi connectivity index (χ0) is 20.0. The van der Waals surface area contributed by atoms with E-state index in [-0.39, 0.29) is 0 Å². The van der Waals surface area contributed by atoms with E-state index in [1.165, 1.54) is 10.5 Å². The Bertz CT molecular complexity index is 834. The van der Waals surface area contributed by atoms with Gasteiger partial charge in [-0.15, -0.1) is 0 Å². The molecule has 1 aromatic rings. The van der Waals surface area contributed by atoms with E-state index in [9.17, 15) is 14.7 Å². The van der Waals surface area contributed by atoms with E-state index in [1.54, 1.807) is 19.2 Å². The van der Waals surface area contributed by atoms with Gasteiger partial charge >= 0.3 is 5.97 Å². The monoisotopic (exact) mass is 387 g/mol. The number of aliphatic hydroxyl groups excluding tert-OH is 1. The Morgan fingerprint density at radius 3 is 2.56 bits per heavy atom. The third-order valence-electron chi connectivity index (χ3n) is 4.20. The van der Waals surface area contributed by atoms with E-state index in [0.29, 0.717) is 5.02 Å². The van der Waals surface area contributed by atoms with Crippen molar-refractivity contribution >= 4 is 23.5 Å². The van der Waals surface area contributed by atoms with E-state index >= 15 is 0 Å². The first-order valence-corrected chi connectivity index (χ1v) is 8.76. The largest absolute Gasteiger partial charge is 0.502 e. The number of nitrogens with zero attached hydrogens (tertiary/aromatic N) is 1. The van der Waals surface area contributed by atoms with Crippen molar-refractivity contribution in [2.75, 3.05) is 14.2 Å². The minimum Gasteiger partial charge on any atom is -0.502 e. The minimum absolute atomic E-state index is 0.421. The summed E-state index contributed by atoms with van der Waals surface area (Å²) in [5.41, 5.74) is 2.95. The summed E-state index contributed by atoms with van der Waals surface area (Å²) in [4.78, 5) is 25.5. The van der Waals surface area contributed by atoms with Gasteiger partial charge in [-0.2, -0.15) is 0 Å². The average molecular weight is 388 g/mol. The molecule has 6 heteroatoms. The standard InChI is InChI=1S/C21H22ClNO4/c1-14-5-4-6-15(8-7-14)20(16-9-11-17(22)12-10-16)23(2)19(25)13-18(24)21(26)27-3/h4,6-13,20,24H,5H2,1-3H3/b18-13-. The van der Waals surface area contributed by atoms with Crippen molar-refractivity contribution in [2.24, 2.45) is 0 Å². The summed E-state index contributed by atoms with van der Waals surface area (Å²) in [7, 11) is 2.74. The van der Waals surface area contributed by atoms with Gasteiger partial charge in [0.1, 0.15) is 0 Å². The van der Waals surface area contributed by atoms with Crippen LogP contribution in [0.1, 0.15) is 24.9 Å². The molecule has 1 N–H and O–H groups in total. The average Bonchev–Trinajstić information content (AvgIpc) is 2.87. The Morgan fingerprint density at radius 2 is 1.93 bits per heavy atom. The maximum atomic E-state index is 12.6. The fraction of sp³-hybridized carbons (Fsp3) is 0.238. The first kappa shape index (κ1) is 20.5. The molecule has 0 saturated carbocycles. The zero-order valence-electron chi connectivity index (χ0n) is 15.5. The molecule has 0 aliphatic heterocycles. The van der Waals surface area contributed by atoms with Crippen molar-refractivity contribution in [3.8, 4) is 0 Å². The number of likely N-dealkylation sites (N-methyl/N-ethyl adjacent to an activating group) is 1. The van der Waals surface area contributed by atoms with Crippen LogP contribution < -0.4 is 0 Å². The molecule has 0 radical (unpaired) electrons. The summed E-state index contributed by atoms with van der Waals surface area (Å²) in [6.07, 6.45) is 9.67. The number of amides is 1. The molecule has 27 heavy (non-hydrogen) atoms. The van der Waals surface area contributed by atoms with Crippen LogP contribution in [-0.4, -0.2) is 36.0 Å². The van der Waals surface area contributed by atoms with Crippen LogP contribution in [-0.2, 0) is 14.3 Å². The predicted octanol–water partition coefficient (Wildman–Crippen LogP) is 4.29. The Hall–Kier alpha value is -2.79. The number of carbonyl (C=O) groups is 2. The Morgan fingerprint density at radius 1 is 1.26 bits per heavy atom. The lowest BCUT2D eigenvalue weighted by atomic mass is 9.96. The van der Waals surface area contributed by atoms with Crippen LogP contribution >= 0.6 is 11.6 Å². The molecule has 1 aromatic carbocycles. The highest BCUT2D eigenvalue weighted by Crippen LogP contribution is 2.31. The number of hydrogen-bond acceptors (Lipinski definition) is 4. The predicted molar refractivity (Wildman–Crippen MR) is 105 cm³/mol. The molecule has 1 aliphatic carbocycles. The summed E-state index contributed by atoms with van der Waals surface area (Å²) >= 11 is 6.00. The molecule has 2 rings (SSSR count). The fourth-order valence-corrected chi connectivity index (χ4v) is 2.85. The van der Waals surface area contributed by atoms with Crippen molar-refractivity contribution in [1.82, 2.24) is 4.90 Å². The molecule has 0 bridgehead atoms. The van der Waals surface area contributed by atoms with Gasteiger partial charge in [-0.25, -0.2) is 4.79 Å². The summed E-state index contributed by atoms with van der Waals surface area (Å²) in [5, 5.41) is 10.3. The van der Waals surface area contributed by atoms with Crippen LogP contribution in [0.5, 0.6) is 0 Å². The molecule has 1 aliphatic rings. The van der Waals surface area contributed by atoms with Gasteiger partial charge in [0.2, 0.25) is 5.76 Å². The van der Waals surface area contributed by atoms with Crippen LogP contribution in [0.2, 0.25) is 5.02 Å². The van der Waals surface area contributed by atoms with Gasteiger partial charge in [-0.05, 0) is 36.6 Å². The lowest BCUT2D eigenvalue weighted by molar-refractivity contribution is -0.139. The summed E-state index contributed by atoms with van der Waals surface area (Å²) < 4.78 is 4.42. The molecule has 0 fully saturated rings. The van der Waals surface area contributed by atoms with Crippen molar-refractivity contribution in [1.29, 1.82) is 0 Å². The van der Waals surface area contributed by atoms with Crippen molar-refractivity contribution in [2.45, 2.75) is 19.4 Å². The van der Waals surface area contributed by atoms with Crippen molar-refractivity contribution in [3.63, 3.8) is 0 Å². The number of allylic oxidation sites excluding steroid dienone is 4. The maximum Gasteiger partial charge on any atom is 0.373 e. The second-order valence-corrected chi connectivity index (χ2v) is 6.65. The molecule has 1 atom stereocenters. The van der Waals surface area contributed by atoms with E-state index in [0.717, 1.165) is 30.7 Å². The van der Waals surface area contributed by atoms with Gasteiger partial charge < -0.3 is 14.7 Å². The quantitative estimate of drug-likeness (QED) is 0.465. The number of carbonyl (C=O) groups excluding carboxylic acids is 2. The molecule has 142 valence electrons. The number of methoxy groups -OCH3 is 1. The lowest BCUT2D eigenvalue weighted by Crippen LogP contribution is -2.31. The van der Waals surface area contributed by atoms with Gasteiger partial charge in [0.25, 0.3) is 5.91 Å². The van der Waals surface area contributed by atoms with Crippen LogP contribution in [0.3, 0.4) is 0 Å². The molecule has 0 aromatic heterocycles. The topological polar surface area (TPSA) is 66.8 Å². The Balaban J connectivity index is 2.44. The number of halogens is 1. The van der Waals surface area contributed by atoms with Crippen LogP contribution in [0, 0.1) is 0 Å². The molecular weight excluding hydrogens is 366 g/mol. The number of benzene rings is 1. The number of aliphatic hydroxyl groups is 1. The number of hydrogen-bond donors (Lipinski definition) is 1. The highest BCUT2D eigenvalue weighted by Gasteiger charge is 2.25. The fourth-order valence-electron chi connectivity index (χ4n) is 2.72. The third-order valence-corrected chi connectivity index (χ3v) is 4.45. The molecule has 0 saturated heterocycles. The van der Waals surface area contributed by atoms with Crippen molar-refractivity contribution < 1.29 is 19.4 Å². The minimum atomic E-state index is -0.966. The van der Waals surface area contributed by atoms with Crippen LogP contribution in [0.4, 0.5) is 0 Å². The molecular formula is C21H22ClNO4. The van der Waals surface area contributed by atoms with E-state index in [4.69, 9.17) is 11.6 Å². The van der Waals surface area contributed by atoms with E-state index < -0.39 is 23.7 Å². The zero-order valence-corrected chi connectivity index (χ0v) is 16.2. The third kappa shape index (κ3) is 5.34. The van der Waals surface area contributed by atoms with Crippen molar-refractivity contribution in [3.05, 3.63) is 82.1 Å². The van der Waals surface area contributed by atoms with Gasteiger partial charge in [0, 0.05) is 12.1 Å². The van der Waals surface area contributed by atoms with Gasteiger partial charge in [0.05, 0.1) is 19.2 Å². The van der Waals surface area contributed by atoms with Gasteiger partial charge in [-0.3, -0.25) is 4.79 Å². The highest BCUT2D eigenvalue weighted by molar-refractivity contribution is 6.30. The smallest absolute Gasteiger partial charge is 0.373 e. The normalized spacial score (nSPS) is 15.3. The second-order valence-electron chi connectivity index (χ2n) is 6.21. The van der Waals surface area contributed by atoms with Gasteiger partial charge in [0.15, 0.2) is 0 Å². The molecule has 0 spiro atoms. The first-order valence-electron chi connectivity index (χ1n) is 8.38. The number of ether oxygens (including phenoxy) is 1. The van der Waals surface area contributed by atoms with Gasteiger partial charge in [-0.1, -0.05) is 53.6 Å². The molecule has 1 amide bonds. The van der Waals surface area contributed by atoms with E-state index in [1.807, 2.05) is 43.4 Å². The Kier molecular flexibility index (Phi) is 7.02. The second kappa shape index (κ2) is 9.24. The van der Waals surface area contributed by atoms with Crippen LogP contribution in [0.25, 0.3) is 0 Å².